The van der Waals surface area contributed by atoms with Gasteiger partial charge in [-0.25, -0.2) is 4.98 Å². The second-order valence-electron chi connectivity index (χ2n) is 4.05. The average molecular weight is 282 g/mol. The molecule has 16 heavy (non-hydrogen) atoms. The molecule has 0 radical (unpaired) electrons. The lowest BCUT2D eigenvalue weighted by atomic mass is 10.2. The van der Waals surface area contributed by atoms with Crippen LogP contribution in [0, 0.1) is 0 Å². The van der Waals surface area contributed by atoms with Crippen molar-refractivity contribution in [2.75, 3.05) is 6.54 Å². The zero-order valence-electron chi connectivity index (χ0n) is 8.65. The van der Waals surface area contributed by atoms with Crippen LogP contribution in [-0.4, -0.2) is 21.0 Å². The van der Waals surface area contributed by atoms with E-state index in [9.17, 15) is 5.11 Å². The Morgan fingerprint density at radius 3 is 3.12 bits per heavy atom. The number of rotatable bonds is 1. The molecule has 2 N–H and O–H groups in total. The van der Waals surface area contributed by atoms with Gasteiger partial charge in [-0.3, -0.25) is 4.40 Å². The maximum Gasteiger partial charge on any atom is 0.132 e. The quantitative estimate of drug-likeness (QED) is 0.843. The first-order chi connectivity index (χ1) is 7.75. The molecule has 0 aliphatic carbocycles. The number of halogens is 1. The molecule has 0 spiro atoms. The molecule has 3 heterocycles. The molecule has 2 aromatic heterocycles. The fourth-order valence-corrected chi connectivity index (χ4v) is 2.71. The summed E-state index contributed by atoms with van der Waals surface area (Å²) in [5, 5.41) is 12.9. The molecule has 4 nitrogen and oxygen atoms in total. The van der Waals surface area contributed by atoms with E-state index >= 15 is 0 Å². The Hall–Kier alpha value is -1.07. The Labute approximate surface area is 101 Å². The summed E-state index contributed by atoms with van der Waals surface area (Å²) in [4.78, 5) is 4.52. The summed E-state index contributed by atoms with van der Waals surface area (Å²) in [6.45, 7) is 1.04. The fourth-order valence-electron chi connectivity index (χ4n) is 2.21. The van der Waals surface area contributed by atoms with Crippen LogP contribution in [0.4, 0.5) is 0 Å². The molecule has 1 atom stereocenters. The third-order valence-electron chi connectivity index (χ3n) is 2.98. The lowest BCUT2D eigenvalue weighted by Crippen LogP contribution is -2.15. The van der Waals surface area contributed by atoms with Crippen LogP contribution in [0.25, 0.3) is 5.52 Å². The van der Waals surface area contributed by atoms with Gasteiger partial charge in [0, 0.05) is 0 Å². The smallest absolute Gasteiger partial charge is 0.132 e. The Morgan fingerprint density at radius 1 is 1.50 bits per heavy atom. The van der Waals surface area contributed by atoms with Gasteiger partial charge < -0.3 is 10.4 Å². The molecular formula is C11H12BrN3O. The summed E-state index contributed by atoms with van der Waals surface area (Å²) in [6, 6.07) is 3.83. The summed E-state index contributed by atoms with van der Waals surface area (Å²) < 4.78 is 2.78. The van der Waals surface area contributed by atoms with Gasteiger partial charge in [-0.15, -0.1) is 0 Å². The standard InChI is InChI=1S/C11H12BrN3O/c12-10-9-4-3-7(16)6-15(9)11(14-10)8-2-1-5-13-8/h3-4,6,8,13,16H,1-2,5H2. The number of imidazole rings is 1. The lowest BCUT2D eigenvalue weighted by Gasteiger charge is -2.08. The molecule has 0 amide bonds. The summed E-state index contributed by atoms with van der Waals surface area (Å²) in [6.07, 6.45) is 3.99. The van der Waals surface area contributed by atoms with Crippen LogP contribution >= 0.6 is 15.9 Å². The number of aromatic nitrogens is 2. The van der Waals surface area contributed by atoms with Gasteiger partial charge >= 0.3 is 0 Å². The highest BCUT2D eigenvalue weighted by Gasteiger charge is 2.22. The predicted molar refractivity (Wildman–Crippen MR) is 64.5 cm³/mol. The van der Waals surface area contributed by atoms with Crippen molar-refractivity contribution < 1.29 is 5.11 Å². The molecule has 1 aliphatic rings. The van der Waals surface area contributed by atoms with E-state index in [1.54, 1.807) is 12.3 Å². The zero-order valence-corrected chi connectivity index (χ0v) is 10.2. The maximum atomic E-state index is 9.52. The molecule has 3 rings (SSSR count). The van der Waals surface area contributed by atoms with E-state index in [1.165, 1.54) is 6.42 Å². The van der Waals surface area contributed by atoms with E-state index in [0.717, 1.165) is 28.9 Å². The molecule has 0 bridgehead atoms. The third-order valence-corrected chi connectivity index (χ3v) is 3.56. The van der Waals surface area contributed by atoms with Crippen LogP contribution in [0.2, 0.25) is 0 Å². The molecular weight excluding hydrogens is 270 g/mol. The van der Waals surface area contributed by atoms with Gasteiger partial charge in [0.2, 0.25) is 0 Å². The van der Waals surface area contributed by atoms with Crippen molar-refractivity contribution in [2.24, 2.45) is 0 Å². The van der Waals surface area contributed by atoms with Crippen molar-refractivity contribution in [3.05, 3.63) is 28.8 Å². The fraction of sp³-hybridized carbons (Fsp3) is 0.364. The molecule has 84 valence electrons. The van der Waals surface area contributed by atoms with E-state index in [4.69, 9.17) is 0 Å². The van der Waals surface area contributed by atoms with Gasteiger partial charge in [-0.1, -0.05) is 0 Å². The number of nitrogens with zero attached hydrogens (tertiary/aromatic N) is 2. The largest absolute Gasteiger partial charge is 0.506 e. The first-order valence-corrected chi connectivity index (χ1v) is 6.15. The Bertz CT molecular complexity index is 531. The summed E-state index contributed by atoms with van der Waals surface area (Å²) in [7, 11) is 0. The van der Waals surface area contributed by atoms with Crippen molar-refractivity contribution in [3.63, 3.8) is 0 Å². The summed E-state index contributed by atoms with van der Waals surface area (Å²) in [5.74, 6) is 1.23. The first kappa shape index (κ1) is 10.1. The average Bonchev–Trinajstić information content (AvgIpc) is 2.86. The van der Waals surface area contributed by atoms with Gasteiger partial charge in [0.1, 0.15) is 16.2 Å². The third kappa shape index (κ3) is 1.51. The molecule has 0 aromatic carbocycles. The molecule has 0 saturated carbocycles. The van der Waals surface area contributed by atoms with Crippen LogP contribution in [0.5, 0.6) is 5.75 Å². The van der Waals surface area contributed by atoms with Gasteiger partial charge in [0.15, 0.2) is 0 Å². The van der Waals surface area contributed by atoms with Gasteiger partial charge in [0.05, 0.1) is 17.8 Å². The zero-order chi connectivity index (χ0) is 11.1. The molecule has 1 fully saturated rings. The van der Waals surface area contributed by atoms with E-state index in [0.29, 0.717) is 6.04 Å². The normalized spacial score (nSPS) is 20.7. The Balaban J connectivity index is 2.19. The first-order valence-electron chi connectivity index (χ1n) is 5.35. The van der Waals surface area contributed by atoms with E-state index in [-0.39, 0.29) is 5.75 Å². The minimum atomic E-state index is 0.261. The molecule has 5 heteroatoms. The van der Waals surface area contributed by atoms with Crippen LogP contribution in [0.3, 0.4) is 0 Å². The highest BCUT2D eigenvalue weighted by Crippen LogP contribution is 2.28. The number of nitrogens with one attached hydrogen (secondary N) is 1. The summed E-state index contributed by atoms with van der Waals surface area (Å²) >= 11 is 3.45. The predicted octanol–water partition coefficient (Wildman–Crippen LogP) is 2.23. The Morgan fingerprint density at radius 2 is 2.38 bits per heavy atom. The number of fused-ring (bicyclic) bond motifs is 1. The molecule has 1 aliphatic heterocycles. The minimum Gasteiger partial charge on any atom is -0.506 e. The summed E-state index contributed by atoms with van der Waals surface area (Å²) in [5.41, 5.74) is 0.988. The second-order valence-corrected chi connectivity index (χ2v) is 4.80. The number of hydrogen-bond acceptors (Lipinski definition) is 3. The minimum absolute atomic E-state index is 0.261. The highest BCUT2D eigenvalue weighted by atomic mass is 79.9. The van der Waals surface area contributed by atoms with Gasteiger partial charge in [-0.2, -0.15) is 0 Å². The van der Waals surface area contributed by atoms with Crippen molar-refractivity contribution in [2.45, 2.75) is 18.9 Å². The lowest BCUT2D eigenvalue weighted by molar-refractivity contribution is 0.470. The van der Waals surface area contributed by atoms with Crippen LogP contribution in [-0.2, 0) is 0 Å². The molecule has 2 aromatic rings. The molecule has 1 saturated heterocycles. The van der Waals surface area contributed by atoms with Gasteiger partial charge in [-0.05, 0) is 47.4 Å². The van der Waals surface area contributed by atoms with Crippen molar-refractivity contribution in [1.82, 2.24) is 14.7 Å². The molecule has 1 unspecified atom stereocenters. The second kappa shape index (κ2) is 3.75. The maximum absolute atomic E-state index is 9.52. The number of pyridine rings is 1. The number of hydrogen-bond donors (Lipinski definition) is 2. The van der Waals surface area contributed by atoms with E-state index in [1.807, 2.05) is 10.5 Å². The van der Waals surface area contributed by atoms with Gasteiger partial charge in [0.25, 0.3) is 0 Å². The highest BCUT2D eigenvalue weighted by molar-refractivity contribution is 9.10. The van der Waals surface area contributed by atoms with Crippen molar-refractivity contribution in [1.29, 1.82) is 0 Å². The van der Waals surface area contributed by atoms with Crippen LogP contribution in [0.1, 0.15) is 24.7 Å². The topological polar surface area (TPSA) is 49.6 Å². The number of aromatic hydroxyl groups is 1. The van der Waals surface area contributed by atoms with E-state index < -0.39 is 0 Å². The Kier molecular flexibility index (Phi) is 2.37. The van der Waals surface area contributed by atoms with Crippen molar-refractivity contribution in [3.8, 4) is 5.75 Å². The van der Waals surface area contributed by atoms with Crippen LogP contribution < -0.4 is 5.32 Å². The SMILES string of the molecule is Oc1ccc2c(Br)nc(C3CCCN3)n2c1. The monoisotopic (exact) mass is 281 g/mol. The van der Waals surface area contributed by atoms with Crippen LogP contribution in [0.15, 0.2) is 22.9 Å². The van der Waals surface area contributed by atoms with E-state index in [2.05, 4.69) is 26.2 Å². The van der Waals surface area contributed by atoms with Crippen molar-refractivity contribution >= 4 is 21.4 Å².